The molecule has 0 saturated carbocycles. The second-order valence-corrected chi connectivity index (χ2v) is 9.51. The zero-order chi connectivity index (χ0) is 18.4. The number of ether oxygens (including phenoxy) is 1. The molecule has 2 aromatic heterocycles. The summed E-state index contributed by atoms with van der Waals surface area (Å²) in [6.45, 7) is 7.93. The molecule has 3 fully saturated rings. The summed E-state index contributed by atoms with van der Waals surface area (Å²) in [6.07, 6.45) is 10.2. The Labute approximate surface area is 164 Å². The molecule has 0 aliphatic carbocycles. The third-order valence-electron chi connectivity index (χ3n) is 6.43. The van der Waals surface area contributed by atoms with Crippen LogP contribution in [0.25, 0.3) is 0 Å². The fourth-order valence-electron chi connectivity index (χ4n) is 5.28. The third kappa shape index (κ3) is 3.26. The zero-order valence-corrected chi connectivity index (χ0v) is 16.9. The van der Waals surface area contributed by atoms with Crippen molar-refractivity contribution in [3.63, 3.8) is 0 Å². The van der Waals surface area contributed by atoms with Crippen molar-refractivity contribution in [2.24, 2.45) is 0 Å². The molecule has 7 heteroatoms. The van der Waals surface area contributed by atoms with Gasteiger partial charge >= 0.3 is 0 Å². The fourth-order valence-corrected chi connectivity index (χ4v) is 6.23. The number of hydrogen-bond acceptors (Lipinski definition) is 7. The summed E-state index contributed by atoms with van der Waals surface area (Å²) in [5.41, 5.74) is 1.18. The minimum absolute atomic E-state index is 0.0310. The molecule has 3 aliphatic heterocycles. The summed E-state index contributed by atoms with van der Waals surface area (Å²) in [5, 5.41) is 1.18. The highest BCUT2D eigenvalue weighted by Gasteiger charge is 2.51. The predicted molar refractivity (Wildman–Crippen MR) is 106 cm³/mol. The number of rotatable bonds is 3. The molecule has 0 radical (unpaired) electrons. The molecule has 6 nitrogen and oxygen atoms in total. The maximum atomic E-state index is 6.44. The summed E-state index contributed by atoms with van der Waals surface area (Å²) in [5.74, 6) is 0.978. The number of morpholine rings is 1. The number of nitrogens with zero attached hydrogens (tertiary/aromatic N) is 5. The Kier molecular flexibility index (Phi) is 4.41. The van der Waals surface area contributed by atoms with Crippen LogP contribution in [0, 0.1) is 13.8 Å². The Morgan fingerprint density at radius 3 is 2.70 bits per heavy atom. The van der Waals surface area contributed by atoms with Crippen LogP contribution in [0.15, 0.2) is 18.6 Å². The van der Waals surface area contributed by atoms with Crippen molar-refractivity contribution >= 4 is 17.2 Å². The van der Waals surface area contributed by atoms with Crippen molar-refractivity contribution in [3.05, 3.63) is 34.2 Å². The minimum atomic E-state index is -0.0310. The van der Waals surface area contributed by atoms with E-state index in [2.05, 4.69) is 38.6 Å². The van der Waals surface area contributed by atoms with Crippen LogP contribution in [-0.2, 0) is 11.3 Å². The molecule has 3 aliphatic rings. The maximum Gasteiger partial charge on any atom is 0.147 e. The van der Waals surface area contributed by atoms with Gasteiger partial charge in [0.15, 0.2) is 0 Å². The van der Waals surface area contributed by atoms with Gasteiger partial charge in [-0.15, -0.1) is 11.3 Å². The molecule has 27 heavy (non-hydrogen) atoms. The van der Waals surface area contributed by atoms with Crippen molar-refractivity contribution < 1.29 is 4.74 Å². The molecular formula is C20H27N5OS. The molecular weight excluding hydrogens is 358 g/mol. The van der Waals surface area contributed by atoms with E-state index in [1.165, 1.54) is 28.4 Å². The largest absolute Gasteiger partial charge is 0.371 e. The Balaban J connectivity index is 1.32. The summed E-state index contributed by atoms with van der Waals surface area (Å²) >= 11 is 1.86. The quantitative estimate of drug-likeness (QED) is 0.810. The summed E-state index contributed by atoms with van der Waals surface area (Å²) < 4.78 is 6.44. The lowest BCUT2D eigenvalue weighted by Crippen LogP contribution is -2.60. The van der Waals surface area contributed by atoms with Crippen LogP contribution < -0.4 is 4.90 Å². The van der Waals surface area contributed by atoms with Crippen molar-refractivity contribution in [2.75, 3.05) is 24.6 Å². The lowest BCUT2D eigenvalue weighted by atomic mass is 9.84. The zero-order valence-electron chi connectivity index (χ0n) is 16.1. The van der Waals surface area contributed by atoms with Gasteiger partial charge in [0.1, 0.15) is 5.82 Å². The van der Waals surface area contributed by atoms with Gasteiger partial charge in [0, 0.05) is 49.0 Å². The first-order chi connectivity index (χ1) is 13.1. The fraction of sp³-hybridized carbons (Fsp3) is 0.650. The smallest absolute Gasteiger partial charge is 0.147 e. The van der Waals surface area contributed by atoms with Crippen LogP contribution in [-0.4, -0.2) is 57.2 Å². The van der Waals surface area contributed by atoms with Crippen LogP contribution in [0.5, 0.6) is 0 Å². The lowest BCUT2D eigenvalue weighted by Gasteiger charge is -2.50. The molecule has 2 aromatic rings. The van der Waals surface area contributed by atoms with Gasteiger partial charge in [-0.1, -0.05) is 0 Å². The van der Waals surface area contributed by atoms with E-state index in [0.29, 0.717) is 12.1 Å². The summed E-state index contributed by atoms with van der Waals surface area (Å²) in [7, 11) is 0. The summed E-state index contributed by atoms with van der Waals surface area (Å²) in [6, 6.07) is 1.24. The molecule has 0 amide bonds. The molecule has 1 unspecified atom stereocenters. The standard InChI is InChI=1S/C20H27N5OS/c1-14-18(27-15(2)23-14)12-25-16-3-4-17(25)10-20(9-16)13-24(7-8-26-20)19-11-21-5-6-22-19/h5-6,11,16-17H,3-4,7-10,12-13H2,1-2H3/t16-,17+,20?. The normalized spacial score (nSPS) is 31.0. The van der Waals surface area contributed by atoms with Crippen LogP contribution in [0.2, 0.25) is 0 Å². The van der Waals surface area contributed by atoms with E-state index >= 15 is 0 Å². The second-order valence-electron chi connectivity index (χ2n) is 8.22. The van der Waals surface area contributed by atoms with E-state index in [-0.39, 0.29) is 5.60 Å². The first-order valence-corrected chi connectivity index (χ1v) is 10.8. The van der Waals surface area contributed by atoms with E-state index in [1.54, 1.807) is 12.4 Å². The van der Waals surface area contributed by atoms with E-state index in [0.717, 1.165) is 44.9 Å². The lowest BCUT2D eigenvalue weighted by molar-refractivity contribution is -0.112. The first kappa shape index (κ1) is 17.5. The Bertz CT molecular complexity index is 796. The highest BCUT2D eigenvalue weighted by Crippen LogP contribution is 2.45. The molecule has 2 bridgehead atoms. The topological polar surface area (TPSA) is 54.4 Å². The molecule has 1 spiro atoms. The van der Waals surface area contributed by atoms with Gasteiger partial charge < -0.3 is 9.64 Å². The van der Waals surface area contributed by atoms with E-state index in [4.69, 9.17) is 4.74 Å². The van der Waals surface area contributed by atoms with Gasteiger partial charge in [0.05, 0.1) is 29.1 Å². The monoisotopic (exact) mass is 385 g/mol. The SMILES string of the molecule is Cc1nc(C)c(CN2[C@@H]3CC[C@H]2CC2(C3)CN(c3cnccn3)CCO2)s1. The van der Waals surface area contributed by atoms with Gasteiger partial charge in [0.2, 0.25) is 0 Å². The van der Waals surface area contributed by atoms with Gasteiger partial charge in [-0.05, 0) is 39.5 Å². The number of anilines is 1. The molecule has 5 rings (SSSR count). The van der Waals surface area contributed by atoms with Crippen LogP contribution in [0.3, 0.4) is 0 Å². The van der Waals surface area contributed by atoms with Gasteiger partial charge in [-0.3, -0.25) is 9.88 Å². The number of thiazole rings is 1. The Morgan fingerprint density at radius 1 is 1.22 bits per heavy atom. The van der Waals surface area contributed by atoms with Crippen LogP contribution >= 0.6 is 11.3 Å². The number of aromatic nitrogens is 3. The molecule has 0 aromatic carbocycles. The van der Waals surface area contributed by atoms with Crippen LogP contribution in [0.1, 0.15) is 41.3 Å². The van der Waals surface area contributed by atoms with Crippen LogP contribution in [0.4, 0.5) is 5.82 Å². The minimum Gasteiger partial charge on any atom is -0.371 e. The average molecular weight is 386 g/mol. The highest BCUT2D eigenvalue weighted by atomic mass is 32.1. The van der Waals surface area contributed by atoms with E-state index in [1.807, 2.05) is 17.5 Å². The average Bonchev–Trinajstić information content (AvgIpc) is 3.12. The molecule has 3 saturated heterocycles. The van der Waals surface area contributed by atoms with Crippen molar-refractivity contribution in [3.8, 4) is 0 Å². The number of hydrogen-bond donors (Lipinski definition) is 0. The Morgan fingerprint density at radius 2 is 2.04 bits per heavy atom. The second kappa shape index (κ2) is 6.79. The predicted octanol–water partition coefficient (Wildman–Crippen LogP) is 2.95. The highest BCUT2D eigenvalue weighted by molar-refractivity contribution is 7.11. The number of piperidine rings is 1. The third-order valence-corrected chi connectivity index (χ3v) is 7.49. The van der Waals surface area contributed by atoms with Crippen molar-refractivity contribution in [1.29, 1.82) is 0 Å². The number of fused-ring (bicyclic) bond motifs is 2. The van der Waals surface area contributed by atoms with E-state index in [9.17, 15) is 0 Å². The van der Waals surface area contributed by atoms with Gasteiger partial charge in [-0.2, -0.15) is 0 Å². The molecule has 0 N–H and O–H groups in total. The van der Waals surface area contributed by atoms with Crippen molar-refractivity contribution in [2.45, 2.75) is 63.8 Å². The Hall–Kier alpha value is -1.57. The number of aryl methyl sites for hydroxylation is 2. The maximum absolute atomic E-state index is 6.44. The van der Waals surface area contributed by atoms with Crippen molar-refractivity contribution in [1.82, 2.24) is 19.9 Å². The molecule has 144 valence electrons. The van der Waals surface area contributed by atoms with E-state index < -0.39 is 0 Å². The van der Waals surface area contributed by atoms with Gasteiger partial charge in [-0.25, -0.2) is 9.97 Å². The van der Waals surface area contributed by atoms with Gasteiger partial charge in [0.25, 0.3) is 0 Å². The molecule has 3 atom stereocenters. The first-order valence-electron chi connectivity index (χ1n) is 9.95. The summed E-state index contributed by atoms with van der Waals surface area (Å²) in [4.78, 5) is 19.9. The molecule has 5 heterocycles.